The van der Waals surface area contributed by atoms with E-state index in [0.717, 1.165) is 4.70 Å². The van der Waals surface area contributed by atoms with Gasteiger partial charge in [-0.2, -0.15) is 0 Å². The smallest absolute Gasteiger partial charge is 0.301 e. The minimum atomic E-state index is -1.15. The third-order valence-electron chi connectivity index (χ3n) is 5.82. The number of aliphatic hydroxyl groups excluding tert-OH is 1. The molecule has 0 bridgehead atoms. The SMILES string of the molecule is CCOc1ccc2nc(N3C(=O)C(=O)C(=C(O)c4ccc(Cl)cc4)[C@@H]3c3cccc([N+](=O)[O-])c3)sc2c1. The molecule has 0 saturated carbocycles. The quantitative estimate of drug-likeness (QED) is 0.107. The number of nitro benzene ring substituents is 1. The number of Topliss-reactive ketones (excluding diaryl/α,β-unsaturated/α-hetero) is 1. The molecule has 1 N–H and O–H groups in total. The molecular formula is C26H18ClN3O6S. The van der Waals surface area contributed by atoms with Crippen molar-refractivity contribution in [3.05, 3.63) is 98.6 Å². The van der Waals surface area contributed by atoms with Crippen molar-refractivity contribution < 1.29 is 24.4 Å². The fraction of sp³-hybridized carbons (Fsp3) is 0.115. The summed E-state index contributed by atoms with van der Waals surface area (Å²) in [5.41, 5.74) is 0.699. The normalized spacial score (nSPS) is 16.9. The van der Waals surface area contributed by atoms with E-state index in [0.29, 0.717) is 22.9 Å². The molecular weight excluding hydrogens is 518 g/mol. The molecule has 1 atom stereocenters. The van der Waals surface area contributed by atoms with Crippen molar-refractivity contribution >= 4 is 61.4 Å². The van der Waals surface area contributed by atoms with E-state index >= 15 is 0 Å². The van der Waals surface area contributed by atoms with Gasteiger partial charge in [0.2, 0.25) is 0 Å². The van der Waals surface area contributed by atoms with Gasteiger partial charge in [-0.1, -0.05) is 35.1 Å². The van der Waals surface area contributed by atoms with Crippen molar-refractivity contribution in [3.63, 3.8) is 0 Å². The number of carbonyl (C=O) groups is 2. The maximum atomic E-state index is 13.4. The molecule has 0 unspecified atom stereocenters. The molecule has 1 aliphatic rings. The number of nitro groups is 1. The number of benzene rings is 3. The van der Waals surface area contributed by atoms with Crippen molar-refractivity contribution in [2.24, 2.45) is 0 Å². The van der Waals surface area contributed by atoms with Crippen LogP contribution in [-0.2, 0) is 9.59 Å². The Labute approximate surface area is 219 Å². The van der Waals surface area contributed by atoms with Crippen LogP contribution < -0.4 is 9.64 Å². The Bertz CT molecular complexity index is 1600. The molecule has 37 heavy (non-hydrogen) atoms. The van der Waals surface area contributed by atoms with Crippen LogP contribution in [0.15, 0.2) is 72.3 Å². The van der Waals surface area contributed by atoms with E-state index < -0.39 is 28.4 Å². The highest BCUT2D eigenvalue weighted by atomic mass is 35.5. The van der Waals surface area contributed by atoms with Crippen molar-refractivity contribution in [2.75, 3.05) is 11.5 Å². The Balaban J connectivity index is 1.71. The van der Waals surface area contributed by atoms with E-state index in [1.807, 2.05) is 6.92 Å². The lowest BCUT2D eigenvalue weighted by atomic mass is 9.95. The second kappa shape index (κ2) is 9.64. The predicted octanol–water partition coefficient (Wildman–Crippen LogP) is 5.88. The van der Waals surface area contributed by atoms with E-state index in [-0.39, 0.29) is 27.5 Å². The third-order valence-corrected chi connectivity index (χ3v) is 7.09. The first kappa shape index (κ1) is 24.4. The number of anilines is 1. The highest BCUT2D eigenvalue weighted by molar-refractivity contribution is 7.22. The number of ether oxygens (including phenoxy) is 1. The number of amides is 1. The van der Waals surface area contributed by atoms with Crippen molar-refractivity contribution in [1.82, 2.24) is 4.98 Å². The second-order valence-corrected chi connectivity index (χ2v) is 9.53. The van der Waals surface area contributed by atoms with Gasteiger partial charge in [0.15, 0.2) is 5.13 Å². The Morgan fingerprint density at radius 2 is 1.92 bits per heavy atom. The Hall–Kier alpha value is -4.28. The van der Waals surface area contributed by atoms with Crippen LogP contribution in [0, 0.1) is 10.1 Å². The van der Waals surface area contributed by atoms with Crippen molar-refractivity contribution in [2.45, 2.75) is 13.0 Å². The number of non-ortho nitro benzene ring substituents is 1. The third kappa shape index (κ3) is 4.41. The molecule has 0 aliphatic carbocycles. The topological polar surface area (TPSA) is 123 Å². The van der Waals surface area contributed by atoms with Crippen LogP contribution in [-0.4, -0.2) is 33.3 Å². The molecule has 1 fully saturated rings. The zero-order valence-corrected chi connectivity index (χ0v) is 20.8. The van der Waals surface area contributed by atoms with Gasteiger partial charge in [-0.15, -0.1) is 0 Å². The van der Waals surface area contributed by atoms with Gasteiger partial charge in [-0.3, -0.25) is 24.6 Å². The number of fused-ring (bicyclic) bond motifs is 1. The van der Waals surface area contributed by atoms with Gasteiger partial charge in [-0.25, -0.2) is 4.98 Å². The number of hydrogen-bond acceptors (Lipinski definition) is 8. The van der Waals surface area contributed by atoms with E-state index in [2.05, 4.69) is 4.98 Å². The molecule has 1 saturated heterocycles. The van der Waals surface area contributed by atoms with Gasteiger partial charge < -0.3 is 9.84 Å². The zero-order valence-electron chi connectivity index (χ0n) is 19.3. The van der Waals surface area contributed by atoms with Crippen LogP contribution in [0.3, 0.4) is 0 Å². The first-order valence-electron chi connectivity index (χ1n) is 11.1. The fourth-order valence-corrected chi connectivity index (χ4v) is 5.32. The number of carbonyl (C=O) groups excluding carboxylic acids is 2. The van der Waals surface area contributed by atoms with Gasteiger partial charge in [0.05, 0.1) is 33.4 Å². The predicted molar refractivity (Wildman–Crippen MR) is 140 cm³/mol. The molecule has 186 valence electrons. The molecule has 9 nitrogen and oxygen atoms in total. The Kier molecular flexibility index (Phi) is 6.36. The number of halogens is 1. The molecule has 1 aliphatic heterocycles. The first-order chi connectivity index (χ1) is 17.8. The average Bonchev–Trinajstić information content (AvgIpc) is 3.42. The molecule has 5 rings (SSSR count). The summed E-state index contributed by atoms with van der Waals surface area (Å²) < 4.78 is 6.27. The number of nitrogens with zero attached hydrogens (tertiary/aromatic N) is 3. The highest BCUT2D eigenvalue weighted by Crippen LogP contribution is 2.45. The molecule has 1 amide bonds. The first-order valence-corrected chi connectivity index (χ1v) is 12.3. The van der Waals surface area contributed by atoms with Crippen LogP contribution >= 0.6 is 22.9 Å². The number of ketones is 1. The summed E-state index contributed by atoms with van der Waals surface area (Å²) in [5.74, 6) is -1.63. The van der Waals surface area contributed by atoms with E-state index in [9.17, 15) is 24.8 Å². The van der Waals surface area contributed by atoms with E-state index in [1.165, 1.54) is 46.6 Å². The summed E-state index contributed by atoms with van der Waals surface area (Å²) in [7, 11) is 0. The summed E-state index contributed by atoms with van der Waals surface area (Å²) in [4.78, 5) is 43.3. The summed E-state index contributed by atoms with van der Waals surface area (Å²) >= 11 is 7.13. The van der Waals surface area contributed by atoms with Crippen LogP contribution in [0.4, 0.5) is 10.8 Å². The van der Waals surface area contributed by atoms with Gasteiger partial charge >= 0.3 is 5.91 Å². The lowest BCUT2D eigenvalue weighted by molar-refractivity contribution is -0.384. The Morgan fingerprint density at radius 1 is 1.16 bits per heavy atom. The molecule has 3 aromatic carbocycles. The van der Waals surface area contributed by atoms with Gasteiger partial charge in [0, 0.05) is 22.7 Å². The minimum absolute atomic E-state index is 0.206. The maximum absolute atomic E-state index is 13.4. The number of thiazole rings is 1. The summed E-state index contributed by atoms with van der Waals surface area (Å²) in [5, 5.41) is 23.3. The molecule has 4 aromatic rings. The summed E-state index contributed by atoms with van der Waals surface area (Å²) in [6, 6.07) is 15.8. The van der Waals surface area contributed by atoms with Crippen LogP contribution in [0.2, 0.25) is 5.02 Å². The molecule has 0 radical (unpaired) electrons. The number of aromatic nitrogens is 1. The zero-order chi connectivity index (χ0) is 26.3. The largest absolute Gasteiger partial charge is 0.507 e. The molecule has 2 heterocycles. The Morgan fingerprint density at radius 3 is 2.62 bits per heavy atom. The monoisotopic (exact) mass is 535 g/mol. The standard InChI is InChI=1S/C26H18ClN3O6S/c1-2-36-18-10-11-19-20(13-18)37-26(28-19)29-22(15-4-3-5-17(12-15)30(34)35)21(24(32)25(29)33)23(31)14-6-8-16(27)9-7-14/h3-13,22,31H,2H2,1H3/t22-/m0/s1. The van der Waals surface area contributed by atoms with Crippen LogP contribution in [0.1, 0.15) is 24.1 Å². The van der Waals surface area contributed by atoms with Crippen LogP contribution in [0.5, 0.6) is 5.75 Å². The van der Waals surface area contributed by atoms with E-state index in [4.69, 9.17) is 16.3 Å². The number of rotatable bonds is 6. The van der Waals surface area contributed by atoms with Crippen molar-refractivity contribution in [3.8, 4) is 5.75 Å². The summed E-state index contributed by atoms with van der Waals surface area (Å²) in [6.07, 6.45) is 0. The second-order valence-electron chi connectivity index (χ2n) is 8.09. The number of aliphatic hydroxyl groups is 1. The van der Waals surface area contributed by atoms with Gasteiger partial charge in [0.25, 0.3) is 11.5 Å². The van der Waals surface area contributed by atoms with Gasteiger partial charge in [0.1, 0.15) is 11.5 Å². The average molecular weight is 536 g/mol. The lowest BCUT2D eigenvalue weighted by Gasteiger charge is -2.22. The highest BCUT2D eigenvalue weighted by Gasteiger charge is 2.48. The number of hydrogen-bond donors (Lipinski definition) is 1. The van der Waals surface area contributed by atoms with Gasteiger partial charge in [-0.05, 0) is 55.0 Å². The van der Waals surface area contributed by atoms with Crippen molar-refractivity contribution in [1.29, 1.82) is 0 Å². The van der Waals surface area contributed by atoms with E-state index in [1.54, 1.807) is 36.4 Å². The molecule has 0 spiro atoms. The molecule has 11 heteroatoms. The minimum Gasteiger partial charge on any atom is -0.507 e. The lowest BCUT2D eigenvalue weighted by Crippen LogP contribution is -2.29. The fourth-order valence-electron chi connectivity index (χ4n) is 4.17. The molecule has 1 aromatic heterocycles. The maximum Gasteiger partial charge on any atom is 0.301 e. The van der Waals surface area contributed by atoms with Crippen LogP contribution in [0.25, 0.3) is 16.0 Å². The summed E-state index contributed by atoms with van der Waals surface area (Å²) in [6.45, 7) is 2.34.